The number of nitrogens with two attached hydrogens (primary N) is 1. The van der Waals surface area contributed by atoms with Crippen molar-refractivity contribution in [2.75, 3.05) is 14.6 Å². The normalized spacial score (nSPS) is 14.9. The van der Waals surface area contributed by atoms with Crippen LogP contribution in [0.3, 0.4) is 0 Å². The van der Waals surface area contributed by atoms with Gasteiger partial charge >= 0.3 is 123 Å². The first kappa shape index (κ1) is 24.4. The molecule has 0 bridgehead atoms. The molecule has 172 valence electrons. The van der Waals surface area contributed by atoms with Crippen LogP contribution in [0, 0.1) is 0 Å². The number of carbonyl (C=O) groups is 1. The fourth-order valence-corrected chi connectivity index (χ4v) is 6.32. The second kappa shape index (κ2) is 10.6. The monoisotopic (exact) mass is 546 g/mol. The minimum Gasteiger partial charge on any atom is -0.505 e. The van der Waals surface area contributed by atoms with Gasteiger partial charge in [0.05, 0.1) is 0 Å². The molecule has 2 aromatic carbocycles. The number of anilines is 1. The number of hydrogen-bond acceptors (Lipinski definition) is 5. The Balaban J connectivity index is 1.89. The van der Waals surface area contributed by atoms with Crippen molar-refractivity contribution in [1.82, 2.24) is 0 Å². The van der Waals surface area contributed by atoms with E-state index in [2.05, 4.69) is 16.3 Å². The standard InChI is InChI=1S/C26H33IN3O2/c1-17(31)5-6-20-14-21(26(2,3)4)25(32)24(16-20)30-29-23-8-7-19(15-22(23)28)13-18-9-11-27-12-10-18/h7-8,13-16,32H,5-6,9-12,28H2,1-4H3/q-1. The van der Waals surface area contributed by atoms with E-state index in [4.69, 9.17) is 5.73 Å². The van der Waals surface area contributed by atoms with Gasteiger partial charge in [0.1, 0.15) is 5.78 Å². The molecular formula is C26H33IN3O2-. The molecule has 1 saturated heterocycles. The minimum atomic E-state index is -0.268. The smallest absolute Gasteiger partial charge is 0.505 e. The zero-order valence-corrected chi connectivity index (χ0v) is 21.6. The van der Waals surface area contributed by atoms with Gasteiger partial charge in [-0.1, -0.05) is 26.8 Å². The Labute approximate surface area is 201 Å². The third-order valence-electron chi connectivity index (χ3n) is 5.51. The molecule has 1 heterocycles. The van der Waals surface area contributed by atoms with Crippen molar-refractivity contribution in [3.05, 3.63) is 52.6 Å². The predicted octanol–water partition coefficient (Wildman–Crippen LogP) is 3.48. The summed E-state index contributed by atoms with van der Waals surface area (Å²) in [7, 11) is 0. The molecule has 0 amide bonds. The summed E-state index contributed by atoms with van der Waals surface area (Å²) in [5, 5.41) is 19.5. The summed E-state index contributed by atoms with van der Waals surface area (Å²) in [6.07, 6.45) is 5.74. The second-order valence-corrected chi connectivity index (χ2v) is 12.6. The van der Waals surface area contributed by atoms with Gasteiger partial charge < -0.3 is 9.90 Å². The molecule has 1 aliphatic heterocycles. The van der Waals surface area contributed by atoms with E-state index >= 15 is 0 Å². The first-order valence-corrected chi connectivity index (χ1v) is 14.1. The summed E-state index contributed by atoms with van der Waals surface area (Å²) in [6.45, 7) is 7.70. The second-order valence-electron chi connectivity index (χ2n) is 9.35. The maximum absolute atomic E-state index is 11.4. The number of nitrogen functional groups attached to an aromatic ring is 1. The van der Waals surface area contributed by atoms with Crippen LogP contribution in [-0.2, 0) is 16.6 Å². The van der Waals surface area contributed by atoms with E-state index in [0.29, 0.717) is 51.1 Å². The van der Waals surface area contributed by atoms with E-state index in [1.54, 1.807) is 13.0 Å². The number of allylic oxidation sites excluding steroid dienone is 1. The van der Waals surface area contributed by atoms with Crippen LogP contribution < -0.4 is 26.9 Å². The Morgan fingerprint density at radius 3 is 2.44 bits per heavy atom. The van der Waals surface area contributed by atoms with Crippen LogP contribution in [0.4, 0.5) is 17.1 Å². The van der Waals surface area contributed by atoms with Crippen molar-refractivity contribution in [3.63, 3.8) is 0 Å². The van der Waals surface area contributed by atoms with Crippen LogP contribution in [-0.4, -0.2) is 19.7 Å². The number of phenols is 1. The van der Waals surface area contributed by atoms with Gasteiger partial charge in [-0.3, -0.25) is 0 Å². The van der Waals surface area contributed by atoms with Crippen LogP contribution in [0.25, 0.3) is 6.08 Å². The fraction of sp³-hybridized carbons (Fsp3) is 0.423. The van der Waals surface area contributed by atoms with Gasteiger partial charge in [0.25, 0.3) is 0 Å². The van der Waals surface area contributed by atoms with Gasteiger partial charge in [-0.2, -0.15) is 0 Å². The van der Waals surface area contributed by atoms with Gasteiger partial charge in [-0.25, -0.2) is 0 Å². The van der Waals surface area contributed by atoms with E-state index in [0.717, 1.165) is 16.7 Å². The van der Waals surface area contributed by atoms with Crippen molar-refractivity contribution in [3.8, 4) is 5.75 Å². The molecule has 32 heavy (non-hydrogen) atoms. The average molecular weight is 546 g/mol. The summed E-state index contributed by atoms with van der Waals surface area (Å²) in [5.74, 6) is 0.254. The number of benzene rings is 2. The van der Waals surface area contributed by atoms with Crippen LogP contribution in [0.5, 0.6) is 5.75 Å². The molecule has 0 spiro atoms. The molecule has 6 heteroatoms. The van der Waals surface area contributed by atoms with Gasteiger partial charge in [0.15, 0.2) is 0 Å². The number of phenolic OH excluding ortho intramolecular Hbond substituents is 1. The molecule has 0 aromatic heterocycles. The van der Waals surface area contributed by atoms with Crippen molar-refractivity contribution in [2.24, 2.45) is 10.2 Å². The first-order valence-electron chi connectivity index (χ1n) is 11.0. The Morgan fingerprint density at radius 2 is 1.81 bits per heavy atom. The molecule has 0 saturated carbocycles. The summed E-state index contributed by atoms with van der Waals surface area (Å²) in [5.41, 5.74) is 11.9. The van der Waals surface area contributed by atoms with E-state index in [9.17, 15) is 9.90 Å². The van der Waals surface area contributed by atoms with E-state index in [1.807, 2.05) is 45.0 Å². The average Bonchev–Trinajstić information content (AvgIpc) is 2.73. The summed E-state index contributed by atoms with van der Waals surface area (Å²) in [4.78, 5) is 11.4. The van der Waals surface area contributed by atoms with E-state index in [-0.39, 0.29) is 16.9 Å². The SMILES string of the molecule is CC(=O)CCc1cc(N=Nc2ccc(C=C3CC[I-]CC3)cc2N)c(O)c(C(C)(C)C)c1. The molecular weight excluding hydrogens is 513 g/mol. The molecule has 0 atom stereocenters. The van der Waals surface area contributed by atoms with E-state index in [1.165, 1.54) is 27.3 Å². The van der Waals surface area contributed by atoms with Crippen molar-refractivity contribution < 1.29 is 31.1 Å². The summed E-state index contributed by atoms with van der Waals surface area (Å²) in [6, 6.07) is 9.60. The molecule has 3 rings (SSSR count). The van der Waals surface area contributed by atoms with Crippen molar-refractivity contribution >= 4 is 28.9 Å². The van der Waals surface area contributed by atoms with Crippen LogP contribution in [0.15, 0.2) is 46.1 Å². The molecule has 3 N–H and O–H groups in total. The third kappa shape index (κ3) is 6.64. The maximum atomic E-state index is 11.4. The van der Waals surface area contributed by atoms with E-state index < -0.39 is 0 Å². The van der Waals surface area contributed by atoms with Crippen LogP contribution >= 0.6 is 0 Å². The zero-order chi connectivity index (χ0) is 23.3. The topological polar surface area (TPSA) is 88.0 Å². The number of aryl methyl sites for hydroxylation is 1. The Bertz CT molecular complexity index is 1040. The number of azo groups is 1. The Hall–Kier alpha value is -2.22. The van der Waals surface area contributed by atoms with Crippen LogP contribution in [0.1, 0.15) is 63.6 Å². The number of alkyl halides is 2. The molecule has 0 radical (unpaired) electrons. The van der Waals surface area contributed by atoms with Gasteiger partial charge in [-0.05, 0) is 24.3 Å². The zero-order valence-electron chi connectivity index (χ0n) is 19.4. The Morgan fingerprint density at radius 1 is 1.12 bits per heavy atom. The van der Waals surface area contributed by atoms with Gasteiger partial charge in [-0.15, -0.1) is 0 Å². The molecule has 1 fully saturated rings. The first-order chi connectivity index (χ1) is 15.1. The number of nitrogens with zero attached hydrogens (tertiary/aromatic N) is 2. The number of hydrogen-bond donors (Lipinski definition) is 2. The van der Waals surface area contributed by atoms with Gasteiger partial charge in [0.2, 0.25) is 0 Å². The number of rotatable bonds is 6. The number of halogens is 1. The number of Topliss-reactive ketones (excluding diaryl/α,β-unsaturated/α-hetero) is 1. The number of aromatic hydroxyl groups is 1. The fourth-order valence-electron chi connectivity index (χ4n) is 3.63. The minimum absolute atomic E-state index is 0.118. The molecule has 0 aliphatic carbocycles. The number of carbonyl (C=O) groups excluding carboxylic acids is 1. The van der Waals surface area contributed by atoms with Crippen molar-refractivity contribution in [2.45, 2.75) is 58.8 Å². The van der Waals surface area contributed by atoms with Gasteiger partial charge in [0, 0.05) is 12.0 Å². The number of ketones is 1. The Kier molecular flexibility index (Phi) is 8.09. The molecule has 5 nitrogen and oxygen atoms in total. The van der Waals surface area contributed by atoms with Crippen molar-refractivity contribution in [1.29, 1.82) is 0 Å². The summed E-state index contributed by atoms with van der Waals surface area (Å²) >= 11 is 0.420. The third-order valence-corrected chi connectivity index (χ3v) is 8.11. The molecule has 0 unspecified atom stereocenters. The molecule has 2 aromatic rings. The quantitative estimate of drug-likeness (QED) is 0.252. The predicted molar refractivity (Wildman–Crippen MR) is 128 cm³/mol. The summed E-state index contributed by atoms with van der Waals surface area (Å²) < 4.78 is 2.75. The van der Waals surface area contributed by atoms with Crippen LogP contribution in [0.2, 0.25) is 0 Å². The molecule has 1 aliphatic rings.